The summed E-state index contributed by atoms with van der Waals surface area (Å²) in [4.78, 5) is 12.2. The van der Waals surface area contributed by atoms with Gasteiger partial charge in [-0.25, -0.2) is 0 Å². The van der Waals surface area contributed by atoms with Gasteiger partial charge in [-0.15, -0.1) is 11.6 Å². The van der Waals surface area contributed by atoms with Gasteiger partial charge < -0.3 is 4.74 Å². The van der Waals surface area contributed by atoms with Gasteiger partial charge in [-0.05, 0) is 17.7 Å². The molecule has 0 aliphatic carbocycles. The highest BCUT2D eigenvalue weighted by molar-refractivity contribution is 6.35. The van der Waals surface area contributed by atoms with E-state index in [4.69, 9.17) is 16.3 Å². The topological polar surface area (TPSA) is 26.3 Å². The minimum atomic E-state index is -0.678. The Morgan fingerprint density at radius 1 is 0.944 bits per heavy atom. The van der Waals surface area contributed by atoms with E-state index in [9.17, 15) is 4.79 Å². The van der Waals surface area contributed by atoms with E-state index in [2.05, 4.69) is 0 Å². The van der Waals surface area contributed by atoms with E-state index in [1.54, 1.807) is 12.1 Å². The van der Waals surface area contributed by atoms with Crippen molar-refractivity contribution in [3.63, 3.8) is 0 Å². The number of carbonyl (C=O) groups excluding carboxylic acids is 1. The molecule has 2 unspecified atom stereocenters. The van der Waals surface area contributed by atoms with E-state index >= 15 is 0 Å². The number of hydrogen-bond donors (Lipinski definition) is 0. The van der Waals surface area contributed by atoms with Crippen LogP contribution in [0.4, 0.5) is 0 Å². The second kappa shape index (κ2) is 4.46. The van der Waals surface area contributed by atoms with Gasteiger partial charge in [0.05, 0.1) is 5.56 Å². The third kappa shape index (κ3) is 1.79. The predicted molar refractivity (Wildman–Crippen MR) is 70.2 cm³/mol. The lowest BCUT2D eigenvalue weighted by Crippen LogP contribution is -2.32. The molecule has 18 heavy (non-hydrogen) atoms. The van der Waals surface area contributed by atoms with Crippen molar-refractivity contribution in [2.75, 3.05) is 0 Å². The standard InChI is InChI=1S/C15H11ClO2/c16-13-14(17)11-8-4-5-9-12(11)18-15(13)10-6-2-1-3-7-10/h1-9,13,15H. The van der Waals surface area contributed by atoms with Crippen molar-refractivity contribution in [3.8, 4) is 5.75 Å². The fraction of sp³-hybridized carbons (Fsp3) is 0.133. The van der Waals surface area contributed by atoms with Crippen molar-refractivity contribution in [2.24, 2.45) is 0 Å². The lowest BCUT2D eigenvalue weighted by atomic mass is 9.96. The van der Waals surface area contributed by atoms with Crippen LogP contribution in [0.3, 0.4) is 0 Å². The van der Waals surface area contributed by atoms with Crippen LogP contribution in [0.25, 0.3) is 0 Å². The summed E-state index contributed by atoms with van der Waals surface area (Å²) < 4.78 is 5.85. The Kier molecular flexibility index (Phi) is 2.80. The molecule has 90 valence electrons. The third-order valence-corrected chi connectivity index (χ3v) is 3.48. The van der Waals surface area contributed by atoms with E-state index in [0.717, 1.165) is 5.56 Å². The summed E-state index contributed by atoms with van der Waals surface area (Å²) >= 11 is 6.22. The molecule has 0 bridgehead atoms. The summed E-state index contributed by atoms with van der Waals surface area (Å²) in [5.74, 6) is 0.528. The molecular weight excluding hydrogens is 248 g/mol. The number of fused-ring (bicyclic) bond motifs is 1. The van der Waals surface area contributed by atoms with Crippen molar-refractivity contribution in [2.45, 2.75) is 11.5 Å². The fourth-order valence-electron chi connectivity index (χ4n) is 2.14. The largest absolute Gasteiger partial charge is 0.483 e. The molecule has 0 amide bonds. The normalized spacial score (nSPS) is 22.2. The highest BCUT2D eigenvalue weighted by Gasteiger charge is 2.36. The molecule has 3 heteroatoms. The van der Waals surface area contributed by atoms with Crippen LogP contribution in [0.5, 0.6) is 5.75 Å². The minimum absolute atomic E-state index is 0.0765. The highest BCUT2D eigenvalue weighted by Crippen LogP contribution is 2.37. The minimum Gasteiger partial charge on any atom is -0.483 e. The number of carbonyl (C=O) groups is 1. The average Bonchev–Trinajstić information content (AvgIpc) is 2.44. The lowest BCUT2D eigenvalue weighted by Gasteiger charge is -2.29. The Labute approximate surface area is 110 Å². The van der Waals surface area contributed by atoms with Crippen LogP contribution in [-0.2, 0) is 0 Å². The van der Waals surface area contributed by atoms with E-state index in [1.807, 2.05) is 42.5 Å². The molecule has 0 aromatic heterocycles. The van der Waals surface area contributed by atoms with Gasteiger partial charge in [-0.3, -0.25) is 4.79 Å². The van der Waals surface area contributed by atoms with Crippen LogP contribution in [0, 0.1) is 0 Å². The number of para-hydroxylation sites is 1. The van der Waals surface area contributed by atoms with Crippen LogP contribution < -0.4 is 4.74 Å². The zero-order chi connectivity index (χ0) is 12.5. The number of ketones is 1. The molecule has 0 saturated carbocycles. The number of benzene rings is 2. The van der Waals surface area contributed by atoms with Crippen molar-refractivity contribution < 1.29 is 9.53 Å². The van der Waals surface area contributed by atoms with Gasteiger partial charge in [0.1, 0.15) is 17.2 Å². The molecule has 0 fully saturated rings. The summed E-state index contributed by atoms with van der Waals surface area (Å²) in [6.07, 6.45) is -0.421. The number of halogens is 1. The van der Waals surface area contributed by atoms with Crippen LogP contribution in [-0.4, -0.2) is 11.2 Å². The smallest absolute Gasteiger partial charge is 0.188 e. The van der Waals surface area contributed by atoms with Gasteiger partial charge >= 0.3 is 0 Å². The molecule has 0 spiro atoms. The molecule has 1 aliphatic rings. The van der Waals surface area contributed by atoms with Gasteiger partial charge in [0.15, 0.2) is 5.78 Å². The van der Waals surface area contributed by atoms with Crippen LogP contribution in [0.1, 0.15) is 22.0 Å². The molecule has 2 atom stereocenters. The number of alkyl halides is 1. The molecule has 0 radical (unpaired) electrons. The summed E-state index contributed by atoms with van der Waals surface area (Å²) in [7, 11) is 0. The Balaban J connectivity index is 2.04. The van der Waals surface area contributed by atoms with E-state index in [1.165, 1.54) is 0 Å². The predicted octanol–water partition coefficient (Wildman–Crippen LogP) is 3.61. The maximum Gasteiger partial charge on any atom is 0.188 e. The van der Waals surface area contributed by atoms with E-state index in [0.29, 0.717) is 11.3 Å². The Morgan fingerprint density at radius 3 is 2.39 bits per heavy atom. The van der Waals surface area contributed by atoms with E-state index < -0.39 is 11.5 Å². The monoisotopic (exact) mass is 258 g/mol. The molecule has 2 aromatic rings. The maximum atomic E-state index is 12.2. The summed E-state index contributed by atoms with van der Waals surface area (Å²) in [6, 6.07) is 16.8. The Morgan fingerprint density at radius 2 is 1.61 bits per heavy atom. The van der Waals surface area contributed by atoms with Crippen molar-refractivity contribution in [1.82, 2.24) is 0 Å². The highest BCUT2D eigenvalue weighted by atomic mass is 35.5. The molecule has 3 rings (SSSR count). The molecule has 1 heterocycles. The SMILES string of the molecule is O=C1c2ccccc2OC(c2ccccc2)C1Cl. The number of rotatable bonds is 1. The molecule has 2 aromatic carbocycles. The third-order valence-electron chi connectivity index (χ3n) is 3.05. The molecule has 2 nitrogen and oxygen atoms in total. The lowest BCUT2D eigenvalue weighted by molar-refractivity contribution is 0.0861. The number of hydrogen-bond acceptors (Lipinski definition) is 2. The zero-order valence-electron chi connectivity index (χ0n) is 9.55. The first kappa shape index (κ1) is 11.3. The first-order chi connectivity index (χ1) is 8.77. The summed E-state index contributed by atoms with van der Waals surface area (Å²) in [6.45, 7) is 0. The van der Waals surface area contributed by atoms with Gasteiger partial charge in [-0.1, -0.05) is 42.5 Å². The molecule has 0 saturated heterocycles. The Bertz CT molecular complexity index is 580. The van der Waals surface area contributed by atoms with Gasteiger partial charge in [-0.2, -0.15) is 0 Å². The quantitative estimate of drug-likeness (QED) is 0.731. The van der Waals surface area contributed by atoms with Gasteiger partial charge in [0.2, 0.25) is 0 Å². The number of ether oxygens (including phenoxy) is 1. The second-order valence-corrected chi connectivity index (χ2v) is 4.68. The van der Waals surface area contributed by atoms with Gasteiger partial charge in [0.25, 0.3) is 0 Å². The second-order valence-electron chi connectivity index (χ2n) is 4.21. The summed E-state index contributed by atoms with van der Waals surface area (Å²) in [5, 5.41) is -0.678. The summed E-state index contributed by atoms with van der Waals surface area (Å²) in [5.41, 5.74) is 1.48. The van der Waals surface area contributed by atoms with Gasteiger partial charge in [0, 0.05) is 0 Å². The Hall–Kier alpha value is -1.80. The van der Waals surface area contributed by atoms with E-state index in [-0.39, 0.29) is 5.78 Å². The first-order valence-corrected chi connectivity index (χ1v) is 6.20. The number of Topliss-reactive ketones (excluding diaryl/α,β-unsaturated/α-hetero) is 1. The maximum absolute atomic E-state index is 12.2. The molecule has 0 N–H and O–H groups in total. The van der Waals surface area contributed by atoms with Crippen molar-refractivity contribution in [3.05, 3.63) is 65.7 Å². The van der Waals surface area contributed by atoms with Crippen LogP contribution in [0.15, 0.2) is 54.6 Å². The first-order valence-electron chi connectivity index (χ1n) is 5.76. The fourth-order valence-corrected chi connectivity index (χ4v) is 2.45. The molecular formula is C15H11ClO2. The zero-order valence-corrected chi connectivity index (χ0v) is 10.3. The molecule has 1 aliphatic heterocycles. The van der Waals surface area contributed by atoms with Crippen LogP contribution in [0.2, 0.25) is 0 Å². The van der Waals surface area contributed by atoms with Crippen molar-refractivity contribution >= 4 is 17.4 Å². The average molecular weight is 259 g/mol. The van der Waals surface area contributed by atoms with Crippen molar-refractivity contribution in [1.29, 1.82) is 0 Å². The van der Waals surface area contributed by atoms with Crippen LogP contribution >= 0.6 is 11.6 Å².